The Morgan fingerprint density at radius 2 is 1.70 bits per heavy atom. The summed E-state index contributed by atoms with van der Waals surface area (Å²) in [7, 11) is -0.450. The quantitative estimate of drug-likeness (QED) is 0.631. The molecule has 0 amide bonds. The minimum Gasteiger partial charge on any atom is -0.405 e. The molecule has 6 heteroatoms. The van der Waals surface area contributed by atoms with Gasteiger partial charge in [0.05, 0.1) is 17.2 Å². The summed E-state index contributed by atoms with van der Waals surface area (Å²) in [5.74, 6) is 0. The molecule has 0 aliphatic carbocycles. The summed E-state index contributed by atoms with van der Waals surface area (Å²) in [5.41, 5.74) is 5.76. The summed E-state index contributed by atoms with van der Waals surface area (Å²) in [5, 5.41) is 0. The maximum atomic E-state index is 5.97. The molecule has 0 atom stereocenters. The topological polar surface area (TPSA) is 66.1 Å². The first-order valence-corrected chi connectivity index (χ1v) is 7.24. The first-order valence-electron chi connectivity index (χ1n) is 7.24. The van der Waals surface area contributed by atoms with E-state index in [0.717, 1.165) is 31.5 Å². The molecule has 0 aromatic rings. The Labute approximate surface area is 121 Å². The van der Waals surface area contributed by atoms with Crippen LogP contribution in [0.25, 0.3) is 0 Å². The smallest absolute Gasteiger partial charge is 0.405 e. The zero-order chi connectivity index (χ0) is 14.8. The van der Waals surface area contributed by atoms with E-state index in [1.165, 1.54) is 6.20 Å². The SMILES string of the molecule is CC1(C)OB(/C(C=NC2CCOCC2)=C/N)OC1(C)C. The van der Waals surface area contributed by atoms with Gasteiger partial charge >= 0.3 is 7.12 Å². The van der Waals surface area contributed by atoms with Gasteiger partial charge in [0.25, 0.3) is 0 Å². The second-order valence-electron chi connectivity index (χ2n) is 6.38. The van der Waals surface area contributed by atoms with E-state index in [1.807, 2.05) is 27.7 Å². The van der Waals surface area contributed by atoms with Crippen molar-refractivity contribution in [3.63, 3.8) is 0 Å². The second kappa shape index (κ2) is 5.88. The number of nitrogens with zero attached hydrogens (tertiary/aromatic N) is 1. The molecular formula is C14H25BN2O3. The van der Waals surface area contributed by atoms with Crippen molar-refractivity contribution in [1.29, 1.82) is 0 Å². The van der Waals surface area contributed by atoms with Crippen molar-refractivity contribution in [1.82, 2.24) is 0 Å². The Morgan fingerprint density at radius 1 is 1.15 bits per heavy atom. The van der Waals surface area contributed by atoms with E-state index in [0.29, 0.717) is 6.04 Å². The highest BCUT2D eigenvalue weighted by molar-refractivity contribution is 6.60. The van der Waals surface area contributed by atoms with Crippen LogP contribution >= 0.6 is 0 Å². The zero-order valence-corrected chi connectivity index (χ0v) is 12.9. The van der Waals surface area contributed by atoms with E-state index in [-0.39, 0.29) is 11.2 Å². The summed E-state index contributed by atoms with van der Waals surface area (Å²) in [4.78, 5) is 4.58. The lowest BCUT2D eigenvalue weighted by atomic mass is 9.79. The maximum Gasteiger partial charge on any atom is 0.497 e. The minimum absolute atomic E-state index is 0.307. The molecule has 2 aliphatic rings. The molecule has 0 aromatic carbocycles. The molecule has 0 bridgehead atoms. The molecule has 2 N–H and O–H groups in total. The lowest BCUT2D eigenvalue weighted by Gasteiger charge is -2.32. The van der Waals surface area contributed by atoms with Gasteiger partial charge < -0.3 is 19.8 Å². The number of hydrogen-bond acceptors (Lipinski definition) is 5. The molecule has 0 saturated carbocycles. The number of nitrogens with two attached hydrogens (primary N) is 1. The van der Waals surface area contributed by atoms with Crippen LogP contribution in [-0.4, -0.2) is 43.8 Å². The first kappa shape index (κ1) is 15.5. The van der Waals surface area contributed by atoms with Crippen molar-refractivity contribution in [3.8, 4) is 0 Å². The monoisotopic (exact) mass is 280 g/mol. The third kappa shape index (κ3) is 3.24. The maximum absolute atomic E-state index is 5.97. The molecule has 20 heavy (non-hydrogen) atoms. The van der Waals surface area contributed by atoms with Gasteiger partial charge in [0.15, 0.2) is 0 Å². The molecule has 0 aromatic heterocycles. The van der Waals surface area contributed by atoms with Crippen molar-refractivity contribution in [3.05, 3.63) is 11.7 Å². The highest BCUT2D eigenvalue weighted by Gasteiger charge is 2.52. The first-order chi connectivity index (χ1) is 9.36. The number of aliphatic imine (C=N–C) groups is 1. The lowest BCUT2D eigenvalue weighted by Crippen LogP contribution is -2.41. The fourth-order valence-electron chi connectivity index (χ4n) is 2.19. The highest BCUT2D eigenvalue weighted by Crippen LogP contribution is 2.38. The fourth-order valence-corrected chi connectivity index (χ4v) is 2.19. The Morgan fingerprint density at radius 3 is 2.20 bits per heavy atom. The summed E-state index contributed by atoms with van der Waals surface area (Å²) in [6.07, 6.45) is 5.22. The van der Waals surface area contributed by atoms with Crippen molar-refractivity contribution in [2.75, 3.05) is 13.2 Å². The molecule has 2 heterocycles. The fraction of sp³-hybridized carbons (Fsp3) is 0.786. The van der Waals surface area contributed by atoms with Gasteiger partial charge in [-0.2, -0.15) is 0 Å². The van der Waals surface area contributed by atoms with E-state index in [2.05, 4.69) is 4.99 Å². The molecule has 2 aliphatic heterocycles. The van der Waals surface area contributed by atoms with Crippen molar-refractivity contribution in [2.45, 2.75) is 57.8 Å². The van der Waals surface area contributed by atoms with Crippen LogP contribution in [0.2, 0.25) is 0 Å². The van der Waals surface area contributed by atoms with Crippen molar-refractivity contribution in [2.24, 2.45) is 10.7 Å². The van der Waals surface area contributed by atoms with Crippen LogP contribution in [0.1, 0.15) is 40.5 Å². The van der Waals surface area contributed by atoms with Crippen LogP contribution in [0, 0.1) is 0 Å². The van der Waals surface area contributed by atoms with Crippen LogP contribution in [0.5, 0.6) is 0 Å². The average Bonchev–Trinajstić information content (AvgIpc) is 2.60. The molecule has 0 spiro atoms. The van der Waals surface area contributed by atoms with Crippen LogP contribution < -0.4 is 5.73 Å². The molecular weight excluding hydrogens is 255 g/mol. The summed E-state index contributed by atoms with van der Waals surface area (Å²) < 4.78 is 17.3. The van der Waals surface area contributed by atoms with Gasteiger partial charge in [-0.25, -0.2) is 0 Å². The molecule has 112 valence electrons. The second-order valence-corrected chi connectivity index (χ2v) is 6.38. The van der Waals surface area contributed by atoms with Gasteiger partial charge in [-0.3, -0.25) is 4.99 Å². The van der Waals surface area contributed by atoms with Crippen LogP contribution in [0.4, 0.5) is 0 Å². The van der Waals surface area contributed by atoms with Gasteiger partial charge in [0.2, 0.25) is 0 Å². The van der Waals surface area contributed by atoms with Crippen LogP contribution in [-0.2, 0) is 14.0 Å². The number of ether oxygens (including phenoxy) is 1. The molecule has 0 radical (unpaired) electrons. The number of hydrogen-bond donors (Lipinski definition) is 1. The predicted octanol–water partition coefficient (Wildman–Crippen LogP) is 1.71. The molecule has 2 fully saturated rings. The summed E-state index contributed by atoms with van der Waals surface area (Å²) in [6.45, 7) is 9.65. The standard InChI is InChI=1S/C14H25BN2O3/c1-13(2)14(3,4)20-15(19-13)11(9-16)10-17-12-5-7-18-8-6-12/h9-10,12H,5-8,16H2,1-4H3/b11-9+,17-10?. The lowest BCUT2D eigenvalue weighted by molar-refractivity contribution is 0.00578. The van der Waals surface area contributed by atoms with Gasteiger partial charge in [-0.05, 0) is 46.7 Å². The van der Waals surface area contributed by atoms with Gasteiger partial charge in [-0.1, -0.05) is 0 Å². The van der Waals surface area contributed by atoms with E-state index in [9.17, 15) is 0 Å². The molecule has 0 unspecified atom stereocenters. The summed E-state index contributed by atoms with van der Waals surface area (Å²) in [6, 6.07) is 0.307. The highest BCUT2D eigenvalue weighted by atomic mass is 16.7. The third-order valence-corrected chi connectivity index (χ3v) is 4.34. The average molecular weight is 280 g/mol. The Kier molecular flexibility index (Phi) is 4.57. The van der Waals surface area contributed by atoms with E-state index in [4.69, 9.17) is 19.8 Å². The Hall–Kier alpha value is -0.845. The Balaban J connectivity index is 2.01. The third-order valence-electron chi connectivity index (χ3n) is 4.34. The number of rotatable bonds is 3. The van der Waals surface area contributed by atoms with Crippen LogP contribution in [0.15, 0.2) is 16.7 Å². The van der Waals surface area contributed by atoms with E-state index in [1.54, 1.807) is 6.21 Å². The minimum atomic E-state index is -0.450. The summed E-state index contributed by atoms with van der Waals surface area (Å²) >= 11 is 0. The molecule has 2 rings (SSSR count). The van der Waals surface area contributed by atoms with E-state index < -0.39 is 7.12 Å². The van der Waals surface area contributed by atoms with Gasteiger partial charge in [-0.15, -0.1) is 0 Å². The molecule has 5 nitrogen and oxygen atoms in total. The van der Waals surface area contributed by atoms with Gasteiger partial charge in [0, 0.05) is 24.9 Å². The van der Waals surface area contributed by atoms with Crippen molar-refractivity contribution >= 4 is 13.3 Å². The van der Waals surface area contributed by atoms with E-state index >= 15 is 0 Å². The largest absolute Gasteiger partial charge is 0.497 e. The normalized spacial score (nSPS) is 27.4. The zero-order valence-electron chi connectivity index (χ0n) is 12.9. The predicted molar refractivity (Wildman–Crippen MR) is 80.7 cm³/mol. The number of allylic oxidation sites excluding steroid dienone is 1. The van der Waals surface area contributed by atoms with Gasteiger partial charge in [0.1, 0.15) is 0 Å². The van der Waals surface area contributed by atoms with Crippen LogP contribution in [0.3, 0.4) is 0 Å². The Bertz CT molecular complexity index is 385. The van der Waals surface area contributed by atoms with Crippen molar-refractivity contribution < 1.29 is 14.0 Å². The molecule has 2 saturated heterocycles.